The number of aliphatic imine (C=N–C) groups is 1. The number of nitrogens with zero attached hydrogens (tertiary/aromatic N) is 3. The third-order valence-corrected chi connectivity index (χ3v) is 4.67. The molecule has 1 aromatic carbocycles. The molecule has 27 heavy (non-hydrogen) atoms. The van der Waals surface area contributed by atoms with Gasteiger partial charge < -0.3 is 25.2 Å². The lowest BCUT2D eigenvalue weighted by Crippen LogP contribution is -2.42. The quantitative estimate of drug-likeness (QED) is 0.410. The summed E-state index contributed by atoms with van der Waals surface area (Å²) in [5.41, 5.74) is 0. The van der Waals surface area contributed by atoms with Crippen LogP contribution in [0.4, 0.5) is 4.39 Å². The fraction of sp³-hybridized carbons (Fsp3) is 0.650. The minimum absolute atomic E-state index is 0.0977. The van der Waals surface area contributed by atoms with E-state index >= 15 is 0 Å². The predicted octanol–water partition coefficient (Wildman–Crippen LogP) is 1.79. The topological polar surface area (TPSA) is 52.1 Å². The van der Waals surface area contributed by atoms with Crippen LogP contribution in [-0.2, 0) is 0 Å². The number of likely N-dealkylation sites (N-methyl/N-ethyl adjacent to an activating group) is 1. The summed E-state index contributed by atoms with van der Waals surface area (Å²) in [4.78, 5) is 9.19. The largest absolute Gasteiger partial charge is 0.489 e. The highest BCUT2D eigenvalue weighted by Crippen LogP contribution is 2.13. The fourth-order valence-electron chi connectivity index (χ4n) is 3.11. The lowest BCUT2D eigenvalue weighted by molar-refractivity contribution is 0.223. The van der Waals surface area contributed by atoms with Gasteiger partial charge in [0, 0.05) is 32.7 Å². The minimum atomic E-state index is -0.291. The maximum Gasteiger partial charge on any atom is 0.191 e. The molecule has 1 aliphatic rings. The van der Waals surface area contributed by atoms with Crippen LogP contribution in [0.1, 0.15) is 19.8 Å². The smallest absolute Gasteiger partial charge is 0.191 e. The highest BCUT2D eigenvalue weighted by atomic mass is 19.1. The van der Waals surface area contributed by atoms with Crippen molar-refractivity contribution in [3.63, 3.8) is 0 Å². The second-order valence-corrected chi connectivity index (χ2v) is 7.12. The third-order valence-electron chi connectivity index (χ3n) is 4.67. The lowest BCUT2D eigenvalue weighted by atomic mass is 10.3. The summed E-state index contributed by atoms with van der Waals surface area (Å²) >= 11 is 0. The number of halogens is 1. The molecule has 0 aliphatic carbocycles. The van der Waals surface area contributed by atoms with Crippen LogP contribution in [0.2, 0.25) is 0 Å². The molecule has 1 saturated heterocycles. The van der Waals surface area contributed by atoms with Crippen molar-refractivity contribution in [3.8, 4) is 5.75 Å². The van der Waals surface area contributed by atoms with Gasteiger partial charge in [0.25, 0.3) is 0 Å². The molecule has 1 unspecified atom stereocenters. The SMILES string of the molecule is CN=C(NCCCN1CCCN(C)CC1)NCC(C)Oc1cccc(F)c1. The highest BCUT2D eigenvalue weighted by molar-refractivity contribution is 5.79. The van der Waals surface area contributed by atoms with Gasteiger partial charge in [-0.15, -0.1) is 0 Å². The van der Waals surface area contributed by atoms with E-state index in [2.05, 4.69) is 32.5 Å². The molecule has 2 rings (SSSR count). The van der Waals surface area contributed by atoms with E-state index in [1.807, 2.05) is 6.92 Å². The average Bonchev–Trinajstić information content (AvgIpc) is 2.85. The van der Waals surface area contributed by atoms with Gasteiger partial charge in [0.15, 0.2) is 5.96 Å². The van der Waals surface area contributed by atoms with Crippen LogP contribution in [0.15, 0.2) is 29.3 Å². The van der Waals surface area contributed by atoms with Crippen molar-refractivity contribution >= 4 is 5.96 Å². The maximum atomic E-state index is 13.2. The third kappa shape index (κ3) is 8.58. The molecule has 1 atom stereocenters. The molecule has 0 aromatic heterocycles. The Hall–Kier alpha value is -1.86. The van der Waals surface area contributed by atoms with E-state index in [4.69, 9.17) is 4.74 Å². The van der Waals surface area contributed by atoms with E-state index in [0.29, 0.717) is 12.3 Å². The van der Waals surface area contributed by atoms with E-state index in [1.165, 1.54) is 31.6 Å². The Kier molecular flexibility index (Phi) is 9.35. The fourth-order valence-corrected chi connectivity index (χ4v) is 3.11. The number of nitrogens with one attached hydrogen (secondary N) is 2. The van der Waals surface area contributed by atoms with Crippen molar-refractivity contribution in [2.24, 2.45) is 4.99 Å². The van der Waals surface area contributed by atoms with Crippen LogP contribution < -0.4 is 15.4 Å². The minimum Gasteiger partial charge on any atom is -0.489 e. The van der Waals surface area contributed by atoms with Gasteiger partial charge in [-0.3, -0.25) is 4.99 Å². The zero-order valence-electron chi connectivity index (χ0n) is 16.9. The van der Waals surface area contributed by atoms with E-state index in [1.54, 1.807) is 19.2 Å². The van der Waals surface area contributed by atoms with Crippen LogP contribution in [0.5, 0.6) is 5.75 Å². The average molecular weight is 380 g/mol. The van der Waals surface area contributed by atoms with Crippen LogP contribution >= 0.6 is 0 Å². The number of hydrogen-bond donors (Lipinski definition) is 2. The molecule has 0 radical (unpaired) electrons. The van der Waals surface area contributed by atoms with Crippen LogP contribution in [0, 0.1) is 5.82 Å². The van der Waals surface area contributed by atoms with Gasteiger partial charge in [-0.1, -0.05) is 6.07 Å². The Labute approximate surface area is 162 Å². The second-order valence-electron chi connectivity index (χ2n) is 7.12. The highest BCUT2D eigenvalue weighted by Gasteiger charge is 2.11. The maximum absolute atomic E-state index is 13.2. The van der Waals surface area contributed by atoms with Gasteiger partial charge in [0.2, 0.25) is 0 Å². The molecular weight excluding hydrogens is 345 g/mol. The van der Waals surface area contributed by atoms with Gasteiger partial charge in [0.1, 0.15) is 17.7 Å². The zero-order chi connectivity index (χ0) is 19.5. The summed E-state index contributed by atoms with van der Waals surface area (Å²) < 4.78 is 18.9. The number of guanidine groups is 1. The van der Waals surface area contributed by atoms with Gasteiger partial charge >= 0.3 is 0 Å². The lowest BCUT2D eigenvalue weighted by Gasteiger charge is -2.21. The number of hydrogen-bond acceptors (Lipinski definition) is 4. The Morgan fingerprint density at radius 2 is 2.11 bits per heavy atom. The molecule has 0 spiro atoms. The molecular formula is C20H34FN5O. The zero-order valence-corrected chi connectivity index (χ0v) is 16.9. The number of benzene rings is 1. The summed E-state index contributed by atoms with van der Waals surface area (Å²) in [5, 5.41) is 6.61. The summed E-state index contributed by atoms with van der Waals surface area (Å²) in [5.74, 6) is 1.01. The molecule has 1 heterocycles. The molecule has 7 heteroatoms. The van der Waals surface area contributed by atoms with Crippen molar-refractivity contribution in [3.05, 3.63) is 30.1 Å². The van der Waals surface area contributed by atoms with Crippen molar-refractivity contribution in [2.75, 3.05) is 59.9 Å². The molecule has 2 N–H and O–H groups in total. The number of ether oxygens (including phenoxy) is 1. The van der Waals surface area contributed by atoms with Crippen molar-refractivity contribution < 1.29 is 9.13 Å². The molecule has 0 amide bonds. The molecule has 6 nitrogen and oxygen atoms in total. The van der Waals surface area contributed by atoms with E-state index < -0.39 is 0 Å². The molecule has 152 valence electrons. The summed E-state index contributed by atoms with van der Waals surface area (Å²) in [6.07, 6.45) is 2.23. The second kappa shape index (κ2) is 11.8. The summed E-state index contributed by atoms with van der Waals surface area (Å²) in [6, 6.07) is 6.20. The van der Waals surface area contributed by atoms with Crippen molar-refractivity contribution in [1.82, 2.24) is 20.4 Å². The van der Waals surface area contributed by atoms with Crippen LogP contribution in [-0.4, -0.2) is 81.8 Å². The first kappa shape index (κ1) is 21.4. The number of rotatable bonds is 8. The Bertz CT molecular complexity index is 583. The van der Waals surface area contributed by atoms with Crippen molar-refractivity contribution in [2.45, 2.75) is 25.9 Å². The van der Waals surface area contributed by atoms with Gasteiger partial charge in [0.05, 0.1) is 6.54 Å². The predicted molar refractivity (Wildman–Crippen MR) is 109 cm³/mol. The standard InChI is InChI=1S/C20H34FN5O/c1-17(27-19-8-4-7-18(21)15-19)16-24-20(22-2)23-9-5-11-26-12-6-10-25(3)13-14-26/h4,7-8,15,17H,5-6,9-14,16H2,1-3H3,(H2,22,23,24). The Morgan fingerprint density at radius 3 is 2.89 bits per heavy atom. The molecule has 1 aromatic rings. The first-order valence-corrected chi connectivity index (χ1v) is 9.84. The molecule has 0 saturated carbocycles. The van der Waals surface area contributed by atoms with E-state index in [9.17, 15) is 4.39 Å². The van der Waals surface area contributed by atoms with E-state index in [0.717, 1.165) is 38.6 Å². The summed E-state index contributed by atoms with van der Waals surface area (Å²) in [7, 11) is 3.96. The van der Waals surface area contributed by atoms with Crippen LogP contribution in [0.3, 0.4) is 0 Å². The monoisotopic (exact) mass is 379 g/mol. The van der Waals surface area contributed by atoms with Crippen molar-refractivity contribution in [1.29, 1.82) is 0 Å². The molecule has 1 aliphatic heterocycles. The van der Waals surface area contributed by atoms with Gasteiger partial charge in [-0.25, -0.2) is 4.39 Å². The normalized spacial score (nSPS) is 18.0. The van der Waals surface area contributed by atoms with E-state index in [-0.39, 0.29) is 11.9 Å². The Morgan fingerprint density at radius 1 is 1.26 bits per heavy atom. The van der Waals surface area contributed by atoms with Gasteiger partial charge in [-0.2, -0.15) is 0 Å². The van der Waals surface area contributed by atoms with Gasteiger partial charge in [-0.05, 0) is 58.6 Å². The molecule has 0 bridgehead atoms. The first-order chi connectivity index (χ1) is 13.1. The Balaban J connectivity index is 1.61. The molecule has 1 fully saturated rings. The first-order valence-electron chi connectivity index (χ1n) is 9.84. The van der Waals surface area contributed by atoms with Crippen LogP contribution in [0.25, 0.3) is 0 Å². The summed E-state index contributed by atoms with van der Waals surface area (Å²) in [6.45, 7) is 9.21.